The van der Waals surface area contributed by atoms with Crippen LogP contribution in [-0.4, -0.2) is 57.4 Å². The molecular formula is C27H42O6. The topological polar surface area (TPSA) is 96.2 Å². The highest BCUT2D eigenvalue weighted by Gasteiger charge is 2.74. The number of hydrogen-bond acceptors (Lipinski definition) is 6. The Morgan fingerprint density at radius 3 is 2.45 bits per heavy atom. The Bertz CT molecular complexity index is 836. The fourth-order valence-corrected chi connectivity index (χ4v) is 10.1. The van der Waals surface area contributed by atoms with Crippen molar-refractivity contribution in [2.45, 2.75) is 109 Å². The molecule has 1 unspecified atom stereocenters. The highest BCUT2D eigenvalue weighted by Crippen LogP contribution is 2.71. The molecule has 2 saturated heterocycles. The van der Waals surface area contributed by atoms with Crippen LogP contribution >= 0.6 is 0 Å². The standard InChI is InChI=1S/C27H42O6/c1-14-5-10-27(32-13-14)15(2)20-23(33-27)22(30)21-17-11-19(29)26(31)12-16(28)6-9-25(26,4)18(17)7-8-24(20,21)3/h14-18,20-23,28,30-31H,5-13H2,1-4H3/t14-,15+,16+,17-,18+,20+,21-,22-,23-,24-,25-,26?,27-/m1/s1. The first-order valence-electron chi connectivity index (χ1n) is 13.4. The second kappa shape index (κ2) is 7.03. The number of ketones is 1. The van der Waals surface area contributed by atoms with Gasteiger partial charge in [-0.15, -0.1) is 0 Å². The lowest BCUT2D eigenvalue weighted by molar-refractivity contribution is -0.283. The molecule has 2 aliphatic heterocycles. The van der Waals surface area contributed by atoms with Gasteiger partial charge in [0.25, 0.3) is 0 Å². The average Bonchev–Trinajstić information content (AvgIpc) is 3.16. The lowest BCUT2D eigenvalue weighted by Crippen LogP contribution is -2.67. The SMILES string of the molecule is C[C@@H]1CC[C@@]2(OC1)O[C@H]1[C@H](O)[C@H]3[C@@H]4CC(=O)C5(O)C[C@@H](O)CC[C@]5(C)[C@H]4CC[C@]3(C)[C@H]1[C@@H]2C. The zero-order chi connectivity index (χ0) is 23.6. The van der Waals surface area contributed by atoms with Crippen LogP contribution in [0.2, 0.25) is 0 Å². The van der Waals surface area contributed by atoms with Gasteiger partial charge in [-0.2, -0.15) is 0 Å². The zero-order valence-corrected chi connectivity index (χ0v) is 20.6. The van der Waals surface area contributed by atoms with Gasteiger partial charge in [0.2, 0.25) is 0 Å². The van der Waals surface area contributed by atoms with E-state index in [2.05, 4.69) is 27.7 Å². The van der Waals surface area contributed by atoms with Crippen LogP contribution in [-0.2, 0) is 14.3 Å². The summed E-state index contributed by atoms with van der Waals surface area (Å²) in [6.07, 6.45) is 4.15. The Morgan fingerprint density at radius 1 is 1.00 bits per heavy atom. The Kier molecular flexibility index (Phi) is 4.88. The molecule has 6 rings (SSSR count). The van der Waals surface area contributed by atoms with Crippen molar-refractivity contribution in [1.29, 1.82) is 0 Å². The number of carbonyl (C=O) groups is 1. The van der Waals surface area contributed by atoms with Gasteiger partial charge < -0.3 is 24.8 Å². The number of hydrogen-bond donors (Lipinski definition) is 3. The van der Waals surface area contributed by atoms with Gasteiger partial charge >= 0.3 is 0 Å². The van der Waals surface area contributed by atoms with Crippen LogP contribution in [0.1, 0.15) is 79.1 Å². The molecule has 0 amide bonds. The molecule has 0 aromatic heterocycles. The van der Waals surface area contributed by atoms with E-state index in [0.717, 1.165) is 25.7 Å². The number of fused-ring (bicyclic) bond motifs is 7. The molecule has 0 radical (unpaired) electrons. The van der Waals surface area contributed by atoms with E-state index in [1.165, 1.54) is 0 Å². The van der Waals surface area contributed by atoms with Crippen LogP contribution in [0.15, 0.2) is 0 Å². The van der Waals surface area contributed by atoms with Crippen molar-refractivity contribution >= 4 is 5.78 Å². The Labute approximate surface area is 197 Å². The van der Waals surface area contributed by atoms with Gasteiger partial charge in [-0.05, 0) is 61.2 Å². The molecule has 2 heterocycles. The van der Waals surface area contributed by atoms with E-state index >= 15 is 0 Å². The number of aliphatic hydroxyl groups excluding tert-OH is 2. The summed E-state index contributed by atoms with van der Waals surface area (Å²) >= 11 is 0. The molecule has 4 aliphatic carbocycles. The van der Waals surface area contributed by atoms with Crippen molar-refractivity contribution in [3.63, 3.8) is 0 Å². The Morgan fingerprint density at radius 2 is 1.76 bits per heavy atom. The normalized spacial score (nSPS) is 62.5. The quantitative estimate of drug-likeness (QED) is 0.512. The van der Waals surface area contributed by atoms with Gasteiger partial charge in [0.15, 0.2) is 11.6 Å². The number of Topliss-reactive ketones (excluding diaryl/α,β-unsaturated/α-hetero) is 1. The number of carbonyl (C=O) groups excluding carboxylic acids is 1. The lowest BCUT2D eigenvalue weighted by Gasteiger charge is -2.63. The van der Waals surface area contributed by atoms with Gasteiger partial charge in [0, 0.05) is 36.5 Å². The molecule has 0 bridgehead atoms. The summed E-state index contributed by atoms with van der Waals surface area (Å²) in [5.41, 5.74) is -2.10. The van der Waals surface area contributed by atoms with E-state index < -0.39 is 29.0 Å². The highest BCUT2D eigenvalue weighted by molar-refractivity contribution is 5.89. The van der Waals surface area contributed by atoms with Crippen LogP contribution in [0.4, 0.5) is 0 Å². The minimum absolute atomic E-state index is 0.00857. The van der Waals surface area contributed by atoms with Crippen LogP contribution in [0.3, 0.4) is 0 Å². The lowest BCUT2D eigenvalue weighted by atomic mass is 9.42. The fraction of sp³-hybridized carbons (Fsp3) is 0.963. The minimum Gasteiger partial charge on any atom is -0.393 e. The maximum atomic E-state index is 13.4. The molecule has 6 heteroatoms. The smallest absolute Gasteiger partial charge is 0.171 e. The van der Waals surface area contributed by atoms with E-state index in [1.54, 1.807) is 0 Å². The molecule has 0 aromatic carbocycles. The summed E-state index contributed by atoms with van der Waals surface area (Å²) in [4.78, 5) is 13.4. The molecule has 6 nitrogen and oxygen atoms in total. The van der Waals surface area contributed by atoms with Crippen molar-refractivity contribution in [3.05, 3.63) is 0 Å². The Balaban J connectivity index is 1.34. The molecule has 0 aromatic rings. The van der Waals surface area contributed by atoms with Gasteiger partial charge in [-0.25, -0.2) is 0 Å². The summed E-state index contributed by atoms with van der Waals surface area (Å²) in [6, 6.07) is 0. The van der Waals surface area contributed by atoms with Gasteiger partial charge in [-0.1, -0.05) is 27.7 Å². The summed E-state index contributed by atoms with van der Waals surface area (Å²) in [6.45, 7) is 9.57. The molecule has 13 atom stereocenters. The second-order valence-corrected chi connectivity index (χ2v) is 13.3. The average molecular weight is 463 g/mol. The van der Waals surface area contributed by atoms with Crippen molar-refractivity contribution in [2.24, 2.45) is 46.3 Å². The van der Waals surface area contributed by atoms with Crippen LogP contribution < -0.4 is 0 Å². The molecule has 4 saturated carbocycles. The summed E-state index contributed by atoms with van der Waals surface area (Å²) in [5.74, 6) is 0.460. The van der Waals surface area contributed by atoms with Crippen molar-refractivity contribution in [3.8, 4) is 0 Å². The predicted molar refractivity (Wildman–Crippen MR) is 121 cm³/mol. The fourth-order valence-electron chi connectivity index (χ4n) is 10.1. The van der Waals surface area contributed by atoms with E-state index in [1.807, 2.05) is 0 Å². The van der Waals surface area contributed by atoms with E-state index in [9.17, 15) is 20.1 Å². The second-order valence-electron chi connectivity index (χ2n) is 13.3. The van der Waals surface area contributed by atoms with Crippen molar-refractivity contribution in [2.75, 3.05) is 6.61 Å². The maximum absolute atomic E-state index is 13.4. The first-order chi connectivity index (χ1) is 15.5. The molecule has 3 N–H and O–H groups in total. The van der Waals surface area contributed by atoms with E-state index in [4.69, 9.17) is 9.47 Å². The number of rotatable bonds is 0. The van der Waals surface area contributed by atoms with Crippen LogP contribution in [0.5, 0.6) is 0 Å². The molecule has 6 aliphatic rings. The summed E-state index contributed by atoms with van der Waals surface area (Å²) in [7, 11) is 0. The number of ether oxygens (including phenoxy) is 2. The minimum atomic E-state index is -1.44. The van der Waals surface area contributed by atoms with E-state index in [-0.39, 0.29) is 53.3 Å². The summed E-state index contributed by atoms with van der Waals surface area (Å²) in [5, 5.41) is 33.6. The molecular weight excluding hydrogens is 420 g/mol. The summed E-state index contributed by atoms with van der Waals surface area (Å²) < 4.78 is 13.0. The monoisotopic (exact) mass is 462 g/mol. The van der Waals surface area contributed by atoms with Gasteiger partial charge in [-0.3, -0.25) is 4.79 Å². The first-order valence-corrected chi connectivity index (χ1v) is 13.4. The first kappa shape index (κ1) is 22.9. The van der Waals surface area contributed by atoms with Gasteiger partial charge in [0.05, 0.1) is 24.9 Å². The Hall–Kier alpha value is -0.530. The van der Waals surface area contributed by atoms with Gasteiger partial charge in [0.1, 0.15) is 5.60 Å². The molecule has 186 valence electrons. The molecule has 6 fully saturated rings. The van der Waals surface area contributed by atoms with Crippen molar-refractivity contribution < 1.29 is 29.6 Å². The zero-order valence-electron chi connectivity index (χ0n) is 20.6. The number of aliphatic hydroxyl groups is 3. The predicted octanol–water partition coefficient (Wildman–Crippen LogP) is 3.06. The third kappa shape index (κ3) is 2.71. The third-order valence-electron chi connectivity index (χ3n) is 11.9. The van der Waals surface area contributed by atoms with Crippen molar-refractivity contribution in [1.82, 2.24) is 0 Å². The molecule has 1 spiro atoms. The van der Waals surface area contributed by atoms with E-state index in [0.29, 0.717) is 31.8 Å². The molecule has 33 heavy (non-hydrogen) atoms. The largest absolute Gasteiger partial charge is 0.393 e. The van der Waals surface area contributed by atoms with Crippen LogP contribution in [0, 0.1) is 46.3 Å². The maximum Gasteiger partial charge on any atom is 0.171 e. The highest BCUT2D eigenvalue weighted by atomic mass is 16.7. The van der Waals surface area contributed by atoms with Crippen LogP contribution in [0.25, 0.3) is 0 Å². The third-order valence-corrected chi connectivity index (χ3v) is 11.9.